The third kappa shape index (κ3) is 3.54. The van der Waals surface area contributed by atoms with Crippen molar-refractivity contribution in [2.45, 2.75) is 18.7 Å². The van der Waals surface area contributed by atoms with Crippen molar-refractivity contribution in [2.75, 3.05) is 14.1 Å². The van der Waals surface area contributed by atoms with E-state index in [-0.39, 0.29) is 4.90 Å². The fourth-order valence-electron chi connectivity index (χ4n) is 2.23. The van der Waals surface area contributed by atoms with Gasteiger partial charge in [0.25, 0.3) is 10.0 Å². The minimum absolute atomic E-state index is 0.244. The highest BCUT2D eigenvalue weighted by atomic mass is 32.2. The van der Waals surface area contributed by atoms with Crippen LogP contribution in [-0.4, -0.2) is 33.2 Å². The van der Waals surface area contributed by atoms with E-state index in [2.05, 4.69) is 4.40 Å². The first-order chi connectivity index (χ1) is 10.3. The molecular formula is C17H20N2O2S. The maximum absolute atomic E-state index is 12.6. The van der Waals surface area contributed by atoms with E-state index in [1.807, 2.05) is 43.3 Å². The van der Waals surface area contributed by atoms with Crippen LogP contribution >= 0.6 is 0 Å². The summed E-state index contributed by atoms with van der Waals surface area (Å²) in [6.07, 6.45) is 0. The zero-order valence-electron chi connectivity index (χ0n) is 13.2. The second kappa shape index (κ2) is 6.32. The molecule has 0 aliphatic carbocycles. The fraction of sp³-hybridized carbons (Fsp3) is 0.235. The van der Waals surface area contributed by atoms with Gasteiger partial charge in [0.15, 0.2) is 0 Å². The van der Waals surface area contributed by atoms with E-state index in [1.54, 1.807) is 38.1 Å². The van der Waals surface area contributed by atoms with Crippen molar-refractivity contribution in [3.63, 3.8) is 0 Å². The second-order valence-corrected chi connectivity index (χ2v) is 6.99. The average Bonchev–Trinajstić information content (AvgIpc) is 2.45. The largest absolute Gasteiger partial charge is 0.362 e. The quantitative estimate of drug-likeness (QED) is 0.646. The summed E-state index contributed by atoms with van der Waals surface area (Å²) < 4.78 is 29.3. The molecule has 0 heterocycles. The van der Waals surface area contributed by atoms with Gasteiger partial charge in [-0.1, -0.05) is 48.0 Å². The number of rotatable bonds is 3. The van der Waals surface area contributed by atoms with Gasteiger partial charge in [-0.05, 0) is 25.5 Å². The van der Waals surface area contributed by atoms with Crippen LogP contribution in [0.4, 0.5) is 0 Å². The van der Waals surface area contributed by atoms with Gasteiger partial charge in [-0.2, -0.15) is 8.42 Å². The molecule has 0 fully saturated rings. The fourth-order valence-corrected chi connectivity index (χ4v) is 3.53. The van der Waals surface area contributed by atoms with E-state index in [9.17, 15) is 8.42 Å². The van der Waals surface area contributed by atoms with Crippen molar-refractivity contribution in [1.82, 2.24) is 4.90 Å². The van der Waals surface area contributed by atoms with E-state index < -0.39 is 10.0 Å². The van der Waals surface area contributed by atoms with Gasteiger partial charge in [0, 0.05) is 19.7 Å². The number of hydrogen-bond acceptors (Lipinski definition) is 2. The normalized spacial score (nSPS) is 12.3. The highest BCUT2D eigenvalue weighted by molar-refractivity contribution is 7.90. The number of sulfonamides is 1. The number of amidine groups is 1. The van der Waals surface area contributed by atoms with Crippen LogP contribution in [0.3, 0.4) is 0 Å². The molecule has 2 rings (SSSR count). The lowest BCUT2D eigenvalue weighted by atomic mass is 10.2. The van der Waals surface area contributed by atoms with Crippen LogP contribution in [0.5, 0.6) is 0 Å². The molecule has 0 aromatic heterocycles. The Kier molecular flexibility index (Phi) is 4.66. The molecule has 116 valence electrons. The van der Waals surface area contributed by atoms with E-state index in [0.717, 1.165) is 11.1 Å². The number of hydrogen-bond donors (Lipinski definition) is 0. The molecule has 0 aliphatic heterocycles. The lowest BCUT2D eigenvalue weighted by Crippen LogP contribution is -2.24. The highest BCUT2D eigenvalue weighted by Gasteiger charge is 2.18. The monoisotopic (exact) mass is 316 g/mol. The highest BCUT2D eigenvalue weighted by Crippen LogP contribution is 2.20. The summed E-state index contributed by atoms with van der Waals surface area (Å²) in [7, 11) is -0.192. The molecule has 0 saturated carbocycles. The molecular weight excluding hydrogens is 296 g/mol. The summed E-state index contributed by atoms with van der Waals surface area (Å²) in [6, 6.07) is 14.5. The summed E-state index contributed by atoms with van der Waals surface area (Å²) in [5.74, 6) is 0.417. The van der Waals surface area contributed by atoms with Gasteiger partial charge in [0.2, 0.25) is 0 Å². The number of aryl methyl sites for hydroxylation is 2. The lowest BCUT2D eigenvalue weighted by Gasteiger charge is -2.16. The Balaban J connectivity index is 2.56. The molecule has 5 heteroatoms. The minimum Gasteiger partial charge on any atom is -0.362 e. The summed E-state index contributed by atoms with van der Waals surface area (Å²) in [6.45, 7) is 3.72. The Hall–Kier alpha value is -2.14. The molecule has 0 radical (unpaired) electrons. The maximum atomic E-state index is 12.6. The molecule has 0 bridgehead atoms. The first-order valence-electron chi connectivity index (χ1n) is 6.96. The number of nitrogens with zero attached hydrogens (tertiary/aromatic N) is 2. The molecule has 0 atom stereocenters. The van der Waals surface area contributed by atoms with Crippen molar-refractivity contribution >= 4 is 15.9 Å². The molecule has 0 amide bonds. The molecule has 22 heavy (non-hydrogen) atoms. The Morgan fingerprint density at radius 2 is 1.64 bits per heavy atom. The van der Waals surface area contributed by atoms with Gasteiger partial charge in [0.1, 0.15) is 5.84 Å². The van der Waals surface area contributed by atoms with Gasteiger partial charge in [-0.15, -0.1) is 4.40 Å². The zero-order valence-corrected chi connectivity index (χ0v) is 14.1. The predicted molar refractivity (Wildman–Crippen MR) is 89.8 cm³/mol. The van der Waals surface area contributed by atoms with E-state index in [4.69, 9.17) is 0 Å². The van der Waals surface area contributed by atoms with Crippen LogP contribution in [0, 0.1) is 13.8 Å². The van der Waals surface area contributed by atoms with Crippen LogP contribution in [-0.2, 0) is 10.0 Å². The zero-order chi connectivity index (χ0) is 16.3. The van der Waals surface area contributed by atoms with Crippen molar-refractivity contribution < 1.29 is 8.42 Å². The Morgan fingerprint density at radius 1 is 1.00 bits per heavy atom. The van der Waals surface area contributed by atoms with Crippen LogP contribution in [0.25, 0.3) is 0 Å². The summed E-state index contributed by atoms with van der Waals surface area (Å²) in [5.41, 5.74) is 2.49. The smallest absolute Gasteiger partial charge is 0.284 e. The van der Waals surface area contributed by atoms with Crippen molar-refractivity contribution in [2.24, 2.45) is 4.40 Å². The summed E-state index contributed by atoms with van der Waals surface area (Å²) in [5, 5.41) is 0. The van der Waals surface area contributed by atoms with Gasteiger partial charge in [-0.25, -0.2) is 0 Å². The Bertz CT molecular complexity index is 795. The molecule has 0 N–H and O–H groups in total. The SMILES string of the molecule is Cc1ccc(S(=O)(=O)/N=C(\c2ccccc2)N(C)C)c(C)c1. The summed E-state index contributed by atoms with van der Waals surface area (Å²) >= 11 is 0. The van der Waals surface area contributed by atoms with Crippen LogP contribution in [0.2, 0.25) is 0 Å². The van der Waals surface area contributed by atoms with Crippen molar-refractivity contribution in [1.29, 1.82) is 0 Å². The van der Waals surface area contributed by atoms with Crippen LogP contribution in [0.1, 0.15) is 16.7 Å². The molecule has 4 nitrogen and oxygen atoms in total. The standard InChI is InChI=1S/C17H20N2O2S/c1-13-10-11-16(14(2)12-13)22(20,21)18-17(19(3)4)15-8-6-5-7-9-15/h5-12H,1-4H3/b18-17+. The summed E-state index contributed by atoms with van der Waals surface area (Å²) in [4.78, 5) is 1.95. The van der Waals surface area contributed by atoms with Crippen LogP contribution < -0.4 is 0 Å². The van der Waals surface area contributed by atoms with Gasteiger partial charge >= 0.3 is 0 Å². The molecule has 0 saturated heterocycles. The Morgan fingerprint density at radius 3 is 2.18 bits per heavy atom. The molecule has 0 spiro atoms. The maximum Gasteiger partial charge on any atom is 0.284 e. The molecule has 2 aromatic rings. The topological polar surface area (TPSA) is 49.7 Å². The number of benzene rings is 2. The average molecular weight is 316 g/mol. The predicted octanol–water partition coefficient (Wildman–Crippen LogP) is 3.00. The molecule has 0 unspecified atom stereocenters. The van der Waals surface area contributed by atoms with E-state index in [1.165, 1.54) is 0 Å². The first-order valence-corrected chi connectivity index (χ1v) is 8.40. The third-order valence-electron chi connectivity index (χ3n) is 3.27. The van der Waals surface area contributed by atoms with E-state index >= 15 is 0 Å². The van der Waals surface area contributed by atoms with Crippen molar-refractivity contribution in [3.8, 4) is 0 Å². The van der Waals surface area contributed by atoms with Crippen LogP contribution in [0.15, 0.2) is 57.8 Å². The van der Waals surface area contributed by atoms with Gasteiger partial charge < -0.3 is 4.90 Å². The van der Waals surface area contributed by atoms with Crippen molar-refractivity contribution in [3.05, 3.63) is 65.2 Å². The lowest BCUT2D eigenvalue weighted by molar-refractivity contribution is 0.591. The van der Waals surface area contributed by atoms with Gasteiger partial charge in [-0.3, -0.25) is 0 Å². The Labute approximate surface area is 132 Å². The molecule has 0 aliphatic rings. The van der Waals surface area contributed by atoms with Gasteiger partial charge in [0.05, 0.1) is 4.90 Å². The second-order valence-electron chi connectivity index (χ2n) is 5.42. The minimum atomic E-state index is -3.75. The third-order valence-corrected chi connectivity index (χ3v) is 4.70. The van der Waals surface area contributed by atoms with E-state index in [0.29, 0.717) is 11.4 Å². The molecule has 2 aromatic carbocycles. The first kappa shape index (κ1) is 16.2.